The molecule has 27 heavy (non-hydrogen) atoms. The number of piperidine rings is 1. The minimum atomic E-state index is -3.37. The van der Waals surface area contributed by atoms with Gasteiger partial charge in [0.1, 0.15) is 0 Å². The van der Waals surface area contributed by atoms with Crippen LogP contribution >= 0.6 is 15.9 Å². The number of hydrogen-bond acceptors (Lipinski definition) is 3. The summed E-state index contributed by atoms with van der Waals surface area (Å²) < 4.78 is 27.7. The van der Waals surface area contributed by atoms with Crippen molar-refractivity contribution in [2.75, 3.05) is 18.4 Å². The van der Waals surface area contributed by atoms with E-state index in [2.05, 4.69) is 21.2 Å². The molecule has 0 bridgehead atoms. The highest BCUT2D eigenvalue weighted by molar-refractivity contribution is 9.10. The van der Waals surface area contributed by atoms with E-state index in [1.54, 1.807) is 0 Å². The minimum Gasteiger partial charge on any atom is -0.325 e. The fourth-order valence-electron chi connectivity index (χ4n) is 3.30. The lowest BCUT2D eigenvalue weighted by atomic mass is 9.97. The predicted molar refractivity (Wildman–Crippen MR) is 111 cm³/mol. The molecule has 1 saturated heterocycles. The van der Waals surface area contributed by atoms with Gasteiger partial charge < -0.3 is 5.32 Å². The van der Waals surface area contributed by atoms with Crippen molar-refractivity contribution in [1.82, 2.24) is 4.31 Å². The monoisotopic (exact) mass is 450 g/mol. The number of halogens is 1. The quantitative estimate of drug-likeness (QED) is 0.749. The van der Waals surface area contributed by atoms with Gasteiger partial charge in [0.2, 0.25) is 15.9 Å². The fraction of sp³-hybridized carbons (Fsp3) is 0.350. The Morgan fingerprint density at radius 1 is 1.15 bits per heavy atom. The van der Waals surface area contributed by atoms with E-state index in [1.807, 2.05) is 55.5 Å². The van der Waals surface area contributed by atoms with Crippen LogP contribution in [-0.2, 0) is 20.6 Å². The molecule has 0 spiro atoms. The van der Waals surface area contributed by atoms with Crippen LogP contribution in [0.2, 0.25) is 0 Å². The first-order chi connectivity index (χ1) is 12.8. The molecule has 1 N–H and O–H groups in total. The van der Waals surface area contributed by atoms with E-state index in [4.69, 9.17) is 0 Å². The van der Waals surface area contributed by atoms with E-state index in [1.165, 1.54) is 4.31 Å². The Kier molecular flexibility index (Phi) is 6.34. The maximum absolute atomic E-state index is 12.7. The first-order valence-corrected chi connectivity index (χ1v) is 11.3. The largest absolute Gasteiger partial charge is 0.325 e. The third-order valence-electron chi connectivity index (χ3n) is 4.78. The summed E-state index contributed by atoms with van der Waals surface area (Å²) in [7, 11) is -3.37. The normalized spacial score (nSPS) is 16.2. The maximum Gasteiger partial charge on any atom is 0.227 e. The number of anilines is 1. The predicted octanol–water partition coefficient (Wildman–Crippen LogP) is 3.94. The Hall–Kier alpha value is -1.70. The zero-order chi connectivity index (χ0) is 19.4. The lowest BCUT2D eigenvalue weighted by Gasteiger charge is -2.30. The van der Waals surface area contributed by atoms with Crippen LogP contribution in [0, 0.1) is 12.8 Å². The van der Waals surface area contributed by atoms with E-state index >= 15 is 0 Å². The molecule has 0 aliphatic carbocycles. The second kappa shape index (κ2) is 8.54. The number of para-hydroxylation sites is 1. The van der Waals surface area contributed by atoms with Gasteiger partial charge in [0, 0.05) is 23.5 Å². The summed E-state index contributed by atoms with van der Waals surface area (Å²) in [6, 6.07) is 15.0. The number of amides is 1. The Balaban J connectivity index is 1.58. The molecule has 0 aromatic heterocycles. The molecular weight excluding hydrogens is 428 g/mol. The number of hydrogen-bond donors (Lipinski definition) is 1. The molecular formula is C20H23BrN2O3S. The molecule has 1 amide bonds. The number of carbonyl (C=O) groups is 1. The SMILES string of the molecule is Cc1cccc(CS(=O)(=O)N2CCC(C(=O)Nc3ccccc3Br)CC2)c1. The molecule has 1 aliphatic rings. The number of carbonyl (C=O) groups excluding carboxylic acids is 1. The van der Waals surface area contributed by atoms with Crippen molar-refractivity contribution in [2.24, 2.45) is 5.92 Å². The van der Waals surface area contributed by atoms with E-state index in [0.717, 1.165) is 21.3 Å². The average Bonchev–Trinajstić information content (AvgIpc) is 2.63. The van der Waals surface area contributed by atoms with Crippen molar-refractivity contribution >= 4 is 37.5 Å². The van der Waals surface area contributed by atoms with Crippen LogP contribution in [0.3, 0.4) is 0 Å². The molecule has 3 rings (SSSR count). The van der Waals surface area contributed by atoms with E-state index in [9.17, 15) is 13.2 Å². The van der Waals surface area contributed by atoms with Crippen molar-refractivity contribution in [1.29, 1.82) is 0 Å². The zero-order valence-corrected chi connectivity index (χ0v) is 17.6. The van der Waals surface area contributed by atoms with Gasteiger partial charge in [0.25, 0.3) is 0 Å². The van der Waals surface area contributed by atoms with E-state index in [0.29, 0.717) is 25.9 Å². The lowest BCUT2D eigenvalue weighted by molar-refractivity contribution is -0.120. The molecule has 2 aromatic carbocycles. The van der Waals surface area contributed by atoms with Crippen LogP contribution in [0.25, 0.3) is 0 Å². The van der Waals surface area contributed by atoms with Crippen LogP contribution in [0.15, 0.2) is 53.0 Å². The minimum absolute atomic E-state index is 0.00249. The number of sulfonamides is 1. The summed E-state index contributed by atoms with van der Waals surface area (Å²) in [5, 5.41) is 2.93. The summed E-state index contributed by atoms with van der Waals surface area (Å²) in [5.74, 6) is -0.233. The van der Waals surface area contributed by atoms with Crippen molar-refractivity contribution in [3.05, 3.63) is 64.1 Å². The summed E-state index contributed by atoms with van der Waals surface area (Å²) in [6.45, 7) is 2.70. The van der Waals surface area contributed by atoms with E-state index in [-0.39, 0.29) is 17.6 Å². The van der Waals surface area contributed by atoms with Gasteiger partial charge in [0.15, 0.2) is 0 Å². The highest BCUT2D eigenvalue weighted by Gasteiger charge is 2.31. The highest BCUT2D eigenvalue weighted by Crippen LogP contribution is 2.26. The molecule has 0 saturated carbocycles. The highest BCUT2D eigenvalue weighted by atomic mass is 79.9. The third-order valence-corrected chi connectivity index (χ3v) is 7.32. The summed E-state index contributed by atoms with van der Waals surface area (Å²) in [6.07, 6.45) is 1.06. The van der Waals surface area contributed by atoms with E-state index < -0.39 is 10.0 Å². The molecule has 7 heteroatoms. The first kappa shape index (κ1) is 20.0. The van der Waals surface area contributed by atoms with Gasteiger partial charge in [-0.1, -0.05) is 42.0 Å². The Bertz CT molecular complexity index is 922. The van der Waals surface area contributed by atoms with Gasteiger partial charge in [0.05, 0.1) is 11.4 Å². The summed E-state index contributed by atoms with van der Waals surface area (Å²) >= 11 is 3.42. The third kappa shape index (κ3) is 5.18. The number of nitrogens with zero attached hydrogens (tertiary/aromatic N) is 1. The van der Waals surface area contributed by atoms with Crippen LogP contribution in [-0.4, -0.2) is 31.7 Å². The van der Waals surface area contributed by atoms with Gasteiger partial charge in [-0.2, -0.15) is 0 Å². The molecule has 0 unspecified atom stereocenters. The smallest absolute Gasteiger partial charge is 0.227 e. The maximum atomic E-state index is 12.7. The second-order valence-corrected chi connectivity index (χ2v) is 9.71. The van der Waals surface area contributed by atoms with Crippen molar-refractivity contribution in [2.45, 2.75) is 25.5 Å². The zero-order valence-electron chi connectivity index (χ0n) is 15.2. The molecule has 1 aliphatic heterocycles. The summed E-state index contributed by atoms with van der Waals surface area (Å²) in [4.78, 5) is 12.5. The Morgan fingerprint density at radius 2 is 1.85 bits per heavy atom. The standard InChI is InChI=1S/C20H23BrN2O3S/c1-15-5-4-6-16(13-15)14-27(25,26)23-11-9-17(10-12-23)20(24)22-19-8-3-2-7-18(19)21/h2-8,13,17H,9-12,14H2,1H3,(H,22,24). The van der Waals surface area contributed by atoms with Gasteiger partial charge >= 0.3 is 0 Å². The number of aryl methyl sites for hydroxylation is 1. The van der Waals surface area contributed by atoms with Gasteiger partial charge in [-0.25, -0.2) is 12.7 Å². The lowest BCUT2D eigenvalue weighted by Crippen LogP contribution is -2.41. The number of nitrogens with one attached hydrogen (secondary N) is 1. The van der Waals surface area contributed by atoms with Gasteiger partial charge in [-0.3, -0.25) is 4.79 Å². The number of rotatable bonds is 5. The van der Waals surface area contributed by atoms with Crippen LogP contribution in [0.1, 0.15) is 24.0 Å². The molecule has 5 nitrogen and oxygen atoms in total. The van der Waals surface area contributed by atoms with Crippen molar-refractivity contribution in [3.63, 3.8) is 0 Å². The van der Waals surface area contributed by atoms with Crippen LogP contribution in [0.5, 0.6) is 0 Å². The molecule has 0 atom stereocenters. The van der Waals surface area contributed by atoms with Crippen molar-refractivity contribution < 1.29 is 13.2 Å². The second-order valence-electron chi connectivity index (χ2n) is 6.89. The van der Waals surface area contributed by atoms with Crippen LogP contribution in [0.4, 0.5) is 5.69 Å². The summed E-state index contributed by atoms with van der Waals surface area (Å²) in [5.41, 5.74) is 2.57. The first-order valence-electron chi connectivity index (χ1n) is 8.94. The molecule has 1 fully saturated rings. The topological polar surface area (TPSA) is 66.5 Å². The number of benzene rings is 2. The van der Waals surface area contributed by atoms with Gasteiger partial charge in [-0.15, -0.1) is 0 Å². The Morgan fingerprint density at radius 3 is 2.52 bits per heavy atom. The molecule has 0 radical (unpaired) electrons. The fourth-order valence-corrected chi connectivity index (χ4v) is 5.23. The van der Waals surface area contributed by atoms with Gasteiger partial charge in [-0.05, 0) is 53.4 Å². The average molecular weight is 451 g/mol. The van der Waals surface area contributed by atoms with Crippen LogP contribution < -0.4 is 5.32 Å². The Labute approximate surface area is 169 Å². The molecule has 144 valence electrons. The van der Waals surface area contributed by atoms with Crippen molar-refractivity contribution in [3.8, 4) is 0 Å². The molecule has 1 heterocycles. The molecule has 2 aromatic rings.